The minimum absolute atomic E-state index is 0.350. The van der Waals surface area contributed by atoms with Gasteiger partial charge in [0.25, 0.3) is 0 Å². The van der Waals surface area contributed by atoms with E-state index in [1.54, 1.807) is 0 Å². The Hall–Kier alpha value is -0.400. The van der Waals surface area contributed by atoms with Gasteiger partial charge >= 0.3 is 0 Å². The summed E-state index contributed by atoms with van der Waals surface area (Å²) in [5, 5.41) is 77.4. The van der Waals surface area contributed by atoms with E-state index in [9.17, 15) is 35.7 Å². The lowest BCUT2D eigenvalue weighted by molar-refractivity contribution is -0.279. The summed E-state index contributed by atoms with van der Waals surface area (Å²) < 4.78 is 10.2. The maximum atomic E-state index is 10.2. The summed E-state index contributed by atoms with van der Waals surface area (Å²) >= 11 is 0. The summed E-state index contributed by atoms with van der Waals surface area (Å²) in [6.07, 6.45) is -15.2. The Morgan fingerprint density at radius 1 is 0.818 bits per heavy atom. The van der Waals surface area contributed by atoms with Crippen molar-refractivity contribution in [3.8, 4) is 0 Å². The Labute approximate surface area is 125 Å². The Bertz CT molecular complexity index is 366. The molecule has 10 atom stereocenters. The van der Waals surface area contributed by atoms with Gasteiger partial charge in [0.05, 0.1) is 13.2 Å². The van der Waals surface area contributed by atoms with Crippen molar-refractivity contribution in [2.24, 2.45) is 0 Å². The zero-order valence-corrected chi connectivity index (χ0v) is 11.6. The molecule has 2 saturated heterocycles. The molecule has 10 heteroatoms. The van der Waals surface area contributed by atoms with E-state index in [0.29, 0.717) is 0 Å². The second-order valence-electron chi connectivity index (χ2n) is 5.63. The summed E-state index contributed by atoms with van der Waals surface area (Å²) in [7, 11) is 0. The highest BCUT2D eigenvalue weighted by Gasteiger charge is 2.51. The van der Waals surface area contributed by atoms with Crippen LogP contribution in [0.25, 0.3) is 0 Å². The Balaban J connectivity index is 2.12. The summed E-state index contributed by atoms with van der Waals surface area (Å²) in [5.41, 5.74) is 0. The molecule has 10 nitrogen and oxygen atoms in total. The van der Waals surface area contributed by atoms with Gasteiger partial charge < -0.3 is 50.3 Å². The third kappa shape index (κ3) is 3.12. The highest BCUT2D eigenvalue weighted by atomic mass is 16.6. The van der Waals surface area contributed by atoms with E-state index in [0.717, 1.165) is 0 Å². The fourth-order valence-electron chi connectivity index (χ4n) is 2.73. The molecule has 130 valence electrons. The molecule has 0 amide bonds. The average molecular weight is 326 g/mol. The van der Waals surface area contributed by atoms with Gasteiger partial charge in [-0.25, -0.2) is 0 Å². The van der Waals surface area contributed by atoms with Crippen LogP contribution >= 0.6 is 0 Å². The van der Waals surface area contributed by atoms with E-state index in [4.69, 9.17) is 14.6 Å². The predicted molar refractivity (Wildman–Crippen MR) is 67.5 cm³/mol. The molecule has 8 N–H and O–H groups in total. The van der Waals surface area contributed by atoms with Crippen molar-refractivity contribution in [1.82, 2.24) is 0 Å². The standard InChI is InChI=1S/C12H22O10/c13-1-4-6(16)7(17)9(19)12(22-4)10(20)11-8(18)5(15)3(14)2-21-11/h3-20H,1-2H2/t3-,4-,5+,6-,7+,8-,9-,10?,11-,12+/m1/s1. The molecule has 0 spiro atoms. The van der Waals surface area contributed by atoms with Gasteiger partial charge in [-0.3, -0.25) is 0 Å². The number of hydrogen-bond donors (Lipinski definition) is 8. The Morgan fingerprint density at radius 3 is 2.00 bits per heavy atom. The molecule has 0 bridgehead atoms. The molecule has 2 aliphatic rings. The monoisotopic (exact) mass is 326 g/mol. The third-order valence-electron chi connectivity index (χ3n) is 4.14. The molecule has 2 rings (SSSR count). The quantitative estimate of drug-likeness (QED) is 0.249. The highest BCUT2D eigenvalue weighted by molar-refractivity contribution is 5.00. The van der Waals surface area contributed by atoms with Crippen molar-refractivity contribution in [3.63, 3.8) is 0 Å². The molecule has 0 aromatic heterocycles. The van der Waals surface area contributed by atoms with E-state index in [2.05, 4.69) is 0 Å². The smallest absolute Gasteiger partial charge is 0.115 e. The highest BCUT2D eigenvalue weighted by Crippen LogP contribution is 2.28. The summed E-state index contributed by atoms with van der Waals surface area (Å²) in [6.45, 7) is -1.01. The van der Waals surface area contributed by atoms with Crippen LogP contribution in [0, 0.1) is 0 Å². The van der Waals surface area contributed by atoms with E-state index in [1.165, 1.54) is 0 Å². The lowest BCUT2D eigenvalue weighted by atomic mass is 9.87. The van der Waals surface area contributed by atoms with Gasteiger partial charge in [0.1, 0.15) is 61.0 Å². The van der Waals surface area contributed by atoms with Crippen molar-refractivity contribution in [2.45, 2.75) is 61.0 Å². The fourth-order valence-corrected chi connectivity index (χ4v) is 2.73. The predicted octanol–water partition coefficient (Wildman–Crippen LogP) is -5.33. The second kappa shape index (κ2) is 7.01. The number of ether oxygens (including phenoxy) is 2. The van der Waals surface area contributed by atoms with E-state index in [1.807, 2.05) is 0 Å². The van der Waals surface area contributed by atoms with Crippen molar-refractivity contribution in [2.75, 3.05) is 13.2 Å². The van der Waals surface area contributed by atoms with E-state index < -0.39 is 67.6 Å². The van der Waals surface area contributed by atoms with Crippen LogP contribution in [-0.2, 0) is 9.47 Å². The van der Waals surface area contributed by atoms with Gasteiger partial charge in [-0.15, -0.1) is 0 Å². The lowest BCUT2D eigenvalue weighted by Crippen LogP contribution is -2.66. The molecule has 1 unspecified atom stereocenters. The van der Waals surface area contributed by atoms with Crippen LogP contribution in [0.1, 0.15) is 0 Å². The van der Waals surface area contributed by atoms with Crippen LogP contribution in [0.3, 0.4) is 0 Å². The zero-order chi connectivity index (χ0) is 16.6. The summed E-state index contributed by atoms with van der Waals surface area (Å²) in [4.78, 5) is 0. The molecular weight excluding hydrogens is 304 g/mol. The maximum absolute atomic E-state index is 10.2. The lowest BCUT2D eigenvalue weighted by Gasteiger charge is -2.45. The topological polar surface area (TPSA) is 180 Å². The van der Waals surface area contributed by atoms with Crippen LogP contribution in [0.15, 0.2) is 0 Å². The molecule has 0 aromatic rings. The molecule has 0 aromatic carbocycles. The van der Waals surface area contributed by atoms with Gasteiger partial charge in [-0.2, -0.15) is 0 Å². The number of aliphatic hydroxyl groups is 8. The van der Waals surface area contributed by atoms with Crippen LogP contribution in [0.4, 0.5) is 0 Å². The molecule has 0 radical (unpaired) electrons. The normalized spacial score (nSPS) is 51.5. The van der Waals surface area contributed by atoms with Gasteiger partial charge in [-0.05, 0) is 0 Å². The van der Waals surface area contributed by atoms with E-state index in [-0.39, 0.29) is 6.61 Å². The van der Waals surface area contributed by atoms with Gasteiger partial charge in [0, 0.05) is 0 Å². The molecule has 2 aliphatic heterocycles. The van der Waals surface area contributed by atoms with Gasteiger partial charge in [0.2, 0.25) is 0 Å². The first-order valence-corrected chi connectivity index (χ1v) is 6.94. The van der Waals surface area contributed by atoms with Crippen LogP contribution in [0.2, 0.25) is 0 Å². The third-order valence-corrected chi connectivity index (χ3v) is 4.14. The van der Waals surface area contributed by atoms with Crippen molar-refractivity contribution >= 4 is 0 Å². The number of rotatable bonds is 3. The van der Waals surface area contributed by atoms with Crippen LogP contribution in [0.5, 0.6) is 0 Å². The second-order valence-corrected chi connectivity index (χ2v) is 5.63. The van der Waals surface area contributed by atoms with Gasteiger partial charge in [0.15, 0.2) is 0 Å². The molecule has 0 aliphatic carbocycles. The molecule has 2 heterocycles. The summed E-state index contributed by atoms with van der Waals surface area (Å²) in [6, 6.07) is 0. The zero-order valence-electron chi connectivity index (χ0n) is 11.6. The Kier molecular flexibility index (Phi) is 5.72. The van der Waals surface area contributed by atoms with Crippen LogP contribution < -0.4 is 0 Å². The van der Waals surface area contributed by atoms with E-state index >= 15 is 0 Å². The minimum atomic E-state index is -1.70. The SMILES string of the molecule is OC[C@H]1O[C@H](C(O)[C@@H]2OC[C@@H](O)[C@H](O)[C@H]2O)[C@H](O)[C@@H](O)[C@@H]1O. The average Bonchev–Trinajstić information content (AvgIpc) is 2.50. The first kappa shape index (κ1) is 17.9. The molecular formula is C12H22O10. The van der Waals surface area contributed by atoms with Crippen molar-refractivity contribution in [3.05, 3.63) is 0 Å². The Morgan fingerprint density at radius 2 is 1.41 bits per heavy atom. The van der Waals surface area contributed by atoms with Crippen LogP contribution in [-0.4, -0.2) is 115 Å². The maximum Gasteiger partial charge on any atom is 0.115 e. The molecule has 2 fully saturated rings. The largest absolute Gasteiger partial charge is 0.394 e. The van der Waals surface area contributed by atoms with Crippen molar-refractivity contribution < 1.29 is 50.3 Å². The first-order chi connectivity index (χ1) is 10.3. The number of aliphatic hydroxyl groups excluding tert-OH is 8. The fraction of sp³-hybridized carbons (Fsp3) is 1.00. The van der Waals surface area contributed by atoms with Crippen molar-refractivity contribution in [1.29, 1.82) is 0 Å². The first-order valence-electron chi connectivity index (χ1n) is 6.94. The van der Waals surface area contributed by atoms with Gasteiger partial charge in [-0.1, -0.05) is 0 Å². The number of hydrogen-bond acceptors (Lipinski definition) is 10. The summed E-state index contributed by atoms with van der Waals surface area (Å²) in [5.74, 6) is 0. The molecule has 0 saturated carbocycles. The molecule has 22 heavy (non-hydrogen) atoms. The minimum Gasteiger partial charge on any atom is -0.394 e.